The number of fused-ring (bicyclic) bond motifs is 1. The van der Waals surface area contributed by atoms with Crippen LogP contribution in [0, 0.1) is 18.2 Å². The van der Waals surface area contributed by atoms with E-state index in [1.165, 1.54) is 24.5 Å². The molecule has 0 saturated carbocycles. The first-order valence-corrected chi connectivity index (χ1v) is 12.1. The Morgan fingerprint density at radius 3 is 2.68 bits per heavy atom. The molecular formula is C30H29FN6O. The van der Waals surface area contributed by atoms with E-state index in [2.05, 4.69) is 21.9 Å². The van der Waals surface area contributed by atoms with Crippen molar-refractivity contribution in [3.8, 4) is 0 Å². The summed E-state index contributed by atoms with van der Waals surface area (Å²) in [7, 11) is 0. The zero-order valence-electron chi connectivity index (χ0n) is 21.5. The second-order valence-electron chi connectivity index (χ2n) is 8.89. The Hall–Kier alpha value is -4.85. The van der Waals surface area contributed by atoms with Gasteiger partial charge in [0, 0.05) is 11.3 Å². The third kappa shape index (κ3) is 5.15. The minimum atomic E-state index is -0.465. The van der Waals surface area contributed by atoms with Gasteiger partial charge >= 0.3 is 0 Å². The molecule has 192 valence electrons. The summed E-state index contributed by atoms with van der Waals surface area (Å²) < 4.78 is 15.5. The van der Waals surface area contributed by atoms with Crippen LogP contribution in [0.2, 0.25) is 0 Å². The van der Waals surface area contributed by atoms with Crippen molar-refractivity contribution in [3.63, 3.8) is 0 Å². The van der Waals surface area contributed by atoms with E-state index < -0.39 is 5.82 Å². The molecule has 0 fully saturated rings. The van der Waals surface area contributed by atoms with Crippen LogP contribution in [0.4, 0.5) is 16.0 Å². The van der Waals surface area contributed by atoms with Crippen molar-refractivity contribution in [3.05, 3.63) is 124 Å². The molecule has 0 atom stereocenters. The number of allylic oxidation sites excluding steroid dienone is 5. The third-order valence-electron chi connectivity index (χ3n) is 6.13. The summed E-state index contributed by atoms with van der Waals surface area (Å²) >= 11 is 0. The molecule has 0 bridgehead atoms. The number of nitrogens with two attached hydrogens (primary N) is 1. The minimum absolute atomic E-state index is 0.0211. The number of nitrogens with zero attached hydrogens (tertiary/aromatic N) is 3. The molecule has 0 aliphatic rings. The van der Waals surface area contributed by atoms with E-state index in [9.17, 15) is 9.18 Å². The summed E-state index contributed by atoms with van der Waals surface area (Å²) in [5.41, 5.74) is 9.46. The van der Waals surface area contributed by atoms with Gasteiger partial charge in [-0.2, -0.15) is 0 Å². The number of rotatable bonds is 8. The van der Waals surface area contributed by atoms with Crippen LogP contribution < -0.4 is 16.6 Å². The second kappa shape index (κ2) is 11.0. The van der Waals surface area contributed by atoms with Crippen LogP contribution in [0.15, 0.2) is 90.0 Å². The molecule has 2 aromatic carbocycles. The Morgan fingerprint density at radius 2 is 1.97 bits per heavy atom. The predicted octanol–water partition coefficient (Wildman–Crippen LogP) is 5.84. The number of halogens is 1. The molecular weight excluding hydrogens is 479 g/mol. The highest BCUT2D eigenvalue weighted by atomic mass is 19.1. The Bertz CT molecular complexity index is 1680. The molecule has 0 aliphatic heterocycles. The zero-order chi connectivity index (χ0) is 27.4. The quantitative estimate of drug-likeness (QED) is 0.205. The number of anilines is 2. The van der Waals surface area contributed by atoms with Crippen molar-refractivity contribution in [1.82, 2.24) is 14.5 Å². The fourth-order valence-electron chi connectivity index (χ4n) is 4.32. The van der Waals surface area contributed by atoms with Crippen molar-refractivity contribution in [2.24, 2.45) is 0 Å². The lowest BCUT2D eigenvalue weighted by atomic mass is 10.0. The van der Waals surface area contributed by atoms with Crippen molar-refractivity contribution in [2.75, 3.05) is 11.1 Å². The van der Waals surface area contributed by atoms with Crippen LogP contribution in [0.1, 0.15) is 36.2 Å². The highest BCUT2D eigenvalue weighted by molar-refractivity contribution is 6.16. The largest absolute Gasteiger partial charge is 0.383 e. The van der Waals surface area contributed by atoms with E-state index in [0.29, 0.717) is 28.2 Å². The highest BCUT2D eigenvalue weighted by Gasteiger charge is 2.19. The van der Waals surface area contributed by atoms with E-state index in [1.54, 1.807) is 10.6 Å². The lowest BCUT2D eigenvalue weighted by Gasteiger charge is -2.20. The van der Waals surface area contributed by atoms with Crippen LogP contribution in [0.5, 0.6) is 0 Å². The number of hydrogen-bond acceptors (Lipinski definition) is 6. The van der Waals surface area contributed by atoms with Crippen LogP contribution in [0.3, 0.4) is 0 Å². The molecule has 4 aromatic rings. The average molecular weight is 509 g/mol. The summed E-state index contributed by atoms with van der Waals surface area (Å²) in [4.78, 5) is 22.2. The van der Waals surface area contributed by atoms with Crippen LogP contribution in [-0.2, 0) is 6.54 Å². The maximum absolute atomic E-state index is 13.9. The smallest absolute Gasteiger partial charge is 0.263 e. The number of benzene rings is 2. The fourth-order valence-corrected chi connectivity index (χ4v) is 4.32. The topological polar surface area (TPSA) is 110 Å². The molecule has 2 aromatic heterocycles. The minimum Gasteiger partial charge on any atom is -0.383 e. The van der Waals surface area contributed by atoms with E-state index in [4.69, 9.17) is 11.1 Å². The van der Waals surface area contributed by atoms with Gasteiger partial charge in [-0.3, -0.25) is 14.8 Å². The van der Waals surface area contributed by atoms with Gasteiger partial charge in [0.15, 0.2) is 0 Å². The number of pyridine rings is 1. The zero-order valence-corrected chi connectivity index (χ0v) is 21.5. The van der Waals surface area contributed by atoms with Crippen LogP contribution in [0.25, 0.3) is 16.5 Å². The summed E-state index contributed by atoms with van der Waals surface area (Å²) in [5.74, 6) is -0.0869. The van der Waals surface area contributed by atoms with Gasteiger partial charge in [0.2, 0.25) is 0 Å². The van der Waals surface area contributed by atoms with Gasteiger partial charge in [0.25, 0.3) is 5.56 Å². The molecule has 4 rings (SSSR count). The number of nitrogen functional groups attached to an aromatic ring is 1. The first-order chi connectivity index (χ1) is 18.2. The van der Waals surface area contributed by atoms with Crippen LogP contribution >= 0.6 is 0 Å². The number of hydrogen-bond donors (Lipinski definition) is 3. The Labute approximate surface area is 220 Å². The monoisotopic (exact) mass is 508 g/mol. The standard InChI is InChI=1S/C30H29FN6O/c1-5-6-13-24(18(2)3)37-23(15-20-10-7-9-19(4)25(20)30(37)38)16-34-29-26(28(33)35-17-36-29)27(32)21-11-8-12-22(31)14-21/h5-15,17,32H,2,16H2,1,3-4H3,(H3,33,34,35,36)/b6-5-,24-13+,32-27?. The van der Waals surface area contributed by atoms with Gasteiger partial charge in [0.05, 0.1) is 28.9 Å². The summed E-state index contributed by atoms with van der Waals surface area (Å²) in [6.07, 6.45) is 6.89. The number of aryl methyl sites for hydroxylation is 1. The third-order valence-corrected chi connectivity index (χ3v) is 6.13. The summed E-state index contributed by atoms with van der Waals surface area (Å²) in [5, 5.41) is 13.4. The van der Waals surface area contributed by atoms with E-state index in [1.807, 2.05) is 63.3 Å². The van der Waals surface area contributed by atoms with Gasteiger partial charge < -0.3 is 11.1 Å². The van der Waals surface area contributed by atoms with Gasteiger partial charge in [-0.05, 0) is 61.6 Å². The molecule has 8 heteroatoms. The molecule has 0 saturated heterocycles. The van der Waals surface area contributed by atoms with Gasteiger partial charge in [-0.25, -0.2) is 14.4 Å². The van der Waals surface area contributed by atoms with E-state index in [0.717, 1.165) is 16.5 Å². The van der Waals surface area contributed by atoms with Crippen molar-refractivity contribution in [2.45, 2.75) is 27.3 Å². The lowest BCUT2D eigenvalue weighted by Crippen LogP contribution is -2.26. The fraction of sp³-hybridized carbons (Fsp3) is 0.133. The maximum atomic E-state index is 13.9. The van der Waals surface area contributed by atoms with Crippen molar-refractivity contribution < 1.29 is 4.39 Å². The molecule has 0 amide bonds. The molecule has 2 heterocycles. The Balaban J connectivity index is 1.85. The molecule has 0 aliphatic carbocycles. The molecule has 0 spiro atoms. The average Bonchev–Trinajstić information content (AvgIpc) is 2.88. The maximum Gasteiger partial charge on any atom is 0.263 e. The first kappa shape index (κ1) is 26.2. The highest BCUT2D eigenvalue weighted by Crippen LogP contribution is 2.25. The summed E-state index contributed by atoms with van der Waals surface area (Å²) in [6.45, 7) is 9.94. The number of aromatic nitrogens is 3. The molecule has 7 nitrogen and oxygen atoms in total. The molecule has 0 unspecified atom stereocenters. The SMILES string of the molecule is C=C(C)/C(=C\C=C/C)n1c(CNc2ncnc(N)c2C(=N)c2cccc(F)c2)cc2cccc(C)c2c1=O. The van der Waals surface area contributed by atoms with Crippen molar-refractivity contribution in [1.29, 1.82) is 5.41 Å². The van der Waals surface area contributed by atoms with Crippen LogP contribution in [-0.4, -0.2) is 20.2 Å². The predicted molar refractivity (Wildman–Crippen MR) is 153 cm³/mol. The normalized spacial score (nSPS) is 11.7. The molecule has 0 radical (unpaired) electrons. The van der Waals surface area contributed by atoms with Crippen molar-refractivity contribution >= 4 is 33.8 Å². The number of nitrogens with one attached hydrogen (secondary N) is 2. The first-order valence-electron chi connectivity index (χ1n) is 12.1. The van der Waals surface area contributed by atoms with Gasteiger partial charge in [0.1, 0.15) is 23.8 Å². The summed E-state index contributed by atoms with van der Waals surface area (Å²) in [6, 6.07) is 13.4. The van der Waals surface area contributed by atoms with E-state index in [-0.39, 0.29) is 29.2 Å². The molecule has 38 heavy (non-hydrogen) atoms. The lowest BCUT2D eigenvalue weighted by molar-refractivity contribution is 0.627. The second-order valence-corrected chi connectivity index (χ2v) is 8.89. The Kier molecular flexibility index (Phi) is 7.62. The van der Waals surface area contributed by atoms with E-state index >= 15 is 0 Å². The molecule has 4 N–H and O–H groups in total. The Morgan fingerprint density at radius 1 is 1.21 bits per heavy atom. The van der Waals surface area contributed by atoms with Gasteiger partial charge in [-0.1, -0.05) is 49.1 Å². The van der Waals surface area contributed by atoms with Gasteiger partial charge in [-0.15, -0.1) is 0 Å².